The fourth-order valence-corrected chi connectivity index (χ4v) is 4.57. The van der Waals surface area contributed by atoms with E-state index in [1.165, 1.54) is 0 Å². The van der Waals surface area contributed by atoms with Gasteiger partial charge in [0.15, 0.2) is 0 Å². The van der Waals surface area contributed by atoms with Crippen LogP contribution in [0.2, 0.25) is 0 Å². The first-order chi connectivity index (χ1) is 21.4. The molecule has 0 radical (unpaired) electrons. The third-order valence-corrected chi connectivity index (χ3v) is 6.98. The smallest absolute Gasteiger partial charge is 0.306 e. The predicted molar refractivity (Wildman–Crippen MR) is 171 cm³/mol. The van der Waals surface area contributed by atoms with Crippen molar-refractivity contribution < 1.29 is 29.0 Å². The van der Waals surface area contributed by atoms with Gasteiger partial charge in [-0.05, 0) is 48.1 Å². The molecule has 3 N–H and O–H groups in total. The molecule has 0 aliphatic rings. The molecule has 232 valence electrons. The Morgan fingerprint density at radius 1 is 0.841 bits per heavy atom. The first-order valence-electron chi connectivity index (χ1n) is 14.8. The average Bonchev–Trinajstić information content (AvgIpc) is 3.05. The highest BCUT2D eigenvalue weighted by molar-refractivity contribution is 5.86. The largest absolute Gasteiger partial charge is 0.489 e. The molecule has 0 saturated carbocycles. The van der Waals surface area contributed by atoms with Gasteiger partial charge < -0.3 is 25.2 Å². The summed E-state index contributed by atoms with van der Waals surface area (Å²) in [4.78, 5) is 38.4. The van der Waals surface area contributed by atoms with Crippen LogP contribution < -0.4 is 15.4 Å². The number of hydrogen-bond acceptors (Lipinski definition) is 6. The summed E-state index contributed by atoms with van der Waals surface area (Å²) in [5.41, 5.74) is 2.77. The fourth-order valence-electron chi connectivity index (χ4n) is 4.57. The summed E-state index contributed by atoms with van der Waals surface area (Å²) in [6.45, 7) is 7.52. The van der Waals surface area contributed by atoms with Crippen molar-refractivity contribution >= 4 is 17.8 Å². The second-order valence-electron chi connectivity index (χ2n) is 10.5. The molecule has 0 bridgehead atoms. The summed E-state index contributed by atoms with van der Waals surface area (Å²) in [7, 11) is 0. The predicted octanol–water partition coefficient (Wildman–Crippen LogP) is 5.23. The summed E-state index contributed by atoms with van der Waals surface area (Å²) < 4.78 is 11.2. The summed E-state index contributed by atoms with van der Waals surface area (Å²) in [5, 5.41) is 15.8. The minimum absolute atomic E-state index is 0.0403. The molecular weight excluding hydrogens is 556 g/mol. The van der Waals surface area contributed by atoms with Crippen LogP contribution in [0.5, 0.6) is 5.75 Å². The van der Waals surface area contributed by atoms with E-state index in [1.54, 1.807) is 12.2 Å². The second-order valence-corrected chi connectivity index (χ2v) is 10.5. The van der Waals surface area contributed by atoms with E-state index < -0.39 is 18.0 Å². The molecule has 3 aromatic carbocycles. The van der Waals surface area contributed by atoms with Crippen LogP contribution in [0.15, 0.2) is 110 Å². The number of aliphatic hydroxyl groups is 1. The zero-order valence-corrected chi connectivity index (χ0v) is 25.0. The average molecular weight is 599 g/mol. The maximum atomic E-state index is 13.3. The molecule has 0 fully saturated rings. The Bertz CT molecular complexity index is 1330. The zero-order chi connectivity index (χ0) is 31.6. The molecule has 3 rings (SSSR count). The molecule has 3 atom stereocenters. The number of benzene rings is 3. The van der Waals surface area contributed by atoms with Crippen molar-refractivity contribution in [2.45, 2.75) is 50.8 Å². The number of allylic oxidation sites excluding steroid dienone is 2. The van der Waals surface area contributed by atoms with Gasteiger partial charge in [-0.25, -0.2) is 0 Å². The van der Waals surface area contributed by atoms with Crippen molar-refractivity contribution in [2.24, 2.45) is 5.92 Å². The normalized spacial score (nSPS) is 12.7. The molecule has 0 aliphatic carbocycles. The third kappa shape index (κ3) is 11.9. The number of ether oxygens (including phenoxy) is 2. The summed E-state index contributed by atoms with van der Waals surface area (Å²) >= 11 is 0. The van der Waals surface area contributed by atoms with Gasteiger partial charge in [0.2, 0.25) is 11.8 Å². The van der Waals surface area contributed by atoms with Crippen molar-refractivity contribution in [1.29, 1.82) is 0 Å². The van der Waals surface area contributed by atoms with Crippen molar-refractivity contribution in [3.05, 3.63) is 127 Å². The Balaban J connectivity index is 1.55. The molecule has 8 nitrogen and oxygen atoms in total. The number of hydrogen-bond donors (Lipinski definition) is 3. The van der Waals surface area contributed by atoms with Crippen LogP contribution >= 0.6 is 0 Å². The molecule has 0 saturated heterocycles. The van der Waals surface area contributed by atoms with Gasteiger partial charge in [0.05, 0.1) is 24.6 Å². The monoisotopic (exact) mass is 598 g/mol. The first kappa shape index (κ1) is 33.8. The van der Waals surface area contributed by atoms with E-state index in [1.807, 2.05) is 84.9 Å². The Hall–Kier alpha value is -4.69. The summed E-state index contributed by atoms with van der Waals surface area (Å²) in [5.74, 6) is -1.08. The van der Waals surface area contributed by atoms with E-state index >= 15 is 0 Å². The van der Waals surface area contributed by atoms with Crippen LogP contribution in [0.1, 0.15) is 48.4 Å². The van der Waals surface area contributed by atoms with E-state index in [-0.39, 0.29) is 50.3 Å². The fraction of sp³-hybridized carbons (Fsp3) is 0.306. The van der Waals surface area contributed by atoms with E-state index in [2.05, 4.69) is 23.8 Å². The summed E-state index contributed by atoms with van der Waals surface area (Å²) in [6, 6.07) is 25.5. The quantitative estimate of drug-likeness (QED) is 0.129. The number of esters is 1. The molecule has 8 heteroatoms. The number of aliphatic hydroxyl groups excluding tert-OH is 1. The maximum Gasteiger partial charge on any atom is 0.306 e. The Labute approximate surface area is 259 Å². The van der Waals surface area contributed by atoms with Crippen LogP contribution in [-0.4, -0.2) is 42.1 Å². The van der Waals surface area contributed by atoms with Gasteiger partial charge in [0.1, 0.15) is 19.0 Å². The standard InChI is InChI=1S/C36H42N2O6/c1-3-5-17-35(41)44-26-33(29-15-10-7-11-16-29)38-36(42)30(12-4-2)23-34(40)37-31(24-39)22-27-18-20-32(21-19-27)43-25-28-13-8-6-9-14-28/h3-4,6-11,13-16,18-21,30-31,33,39H,1-2,5,12,17,22-26H2,(H,37,40)(H,38,42)/t30-,31-,33-/m0/s1. The topological polar surface area (TPSA) is 114 Å². The molecule has 0 heterocycles. The highest BCUT2D eigenvalue weighted by Crippen LogP contribution is 2.19. The van der Waals surface area contributed by atoms with Crippen LogP contribution in [0.4, 0.5) is 0 Å². The van der Waals surface area contributed by atoms with Gasteiger partial charge in [-0.15, -0.1) is 13.2 Å². The Kier molecular flexibility index (Phi) is 14.4. The van der Waals surface area contributed by atoms with Gasteiger partial charge in [-0.3, -0.25) is 14.4 Å². The molecule has 0 unspecified atom stereocenters. The highest BCUT2D eigenvalue weighted by atomic mass is 16.5. The third-order valence-electron chi connectivity index (χ3n) is 6.98. The molecule has 2 amide bonds. The van der Waals surface area contributed by atoms with Crippen molar-refractivity contribution in [3.63, 3.8) is 0 Å². The number of rotatable bonds is 19. The maximum absolute atomic E-state index is 13.3. The lowest BCUT2D eigenvalue weighted by Crippen LogP contribution is -2.42. The van der Waals surface area contributed by atoms with Crippen LogP contribution in [0.3, 0.4) is 0 Å². The van der Waals surface area contributed by atoms with Gasteiger partial charge in [-0.2, -0.15) is 0 Å². The van der Waals surface area contributed by atoms with E-state index in [0.29, 0.717) is 19.4 Å². The van der Waals surface area contributed by atoms with Gasteiger partial charge in [0.25, 0.3) is 0 Å². The lowest BCUT2D eigenvalue weighted by Gasteiger charge is -2.23. The summed E-state index contributed by atoms with van der Waals surface area (Å²) in [6.07, 6.45) is 4.53. The van der Waals surface area contributed by atoms with E-state index in [4.69, 9.17) is 9.47 Å². The highest BCUT2D eigenvalue weighted by Gasteiger charge is 2.26. The Morgan fingerprint density at radius 3 is 2.16 bits per heavy atom. The molecule has 44 heavy (non-hydrogen) atoms. The number of nitrogens with one attached hydrogen (secondary N) is 2. The molecule has 0 spiro atoms. The Morgan fingerprint density at radius 2 is 1.52 bits per heavy atom. The van der Waals surface area contributed by atoms with Crippen molar-refractivity contribution in [1.82, 2.24) is 10.6 Å². The SMILES string of the molecule is C=CCCC(=O)OC[C@H](NC(=O)[C@@H](CC=C)CC(=O)N[C@H](CO)Cc1ccc(OCc2ccccc2)cc1)c1ccccc1. The number of amides is 2. The van der Waals surface area contributed by atoms with Crippen LogP contribution in [0, 0.1) is 5.92 Å². The number of carbonyl (C=O) groups excluding carboxylic acids is 3. The van der Waals surface area contributed by atoms with Gasteiger partial charge in [0, 0.05) is 12.8 Å². The lowest BCUT2D eigenvalue weighted by atomic mass is 9.97. The van der Waals surface area contributed by atoms with Crippen LogP contribution in [-0.2, 0) is 32.1 Å². The van der Waals surface area contributed by atoms with E-state index in [0.717, 1.165) is 22.4 Å². The lowest BCUT2D eigenvalue weighted by molar-refractivity contribution is -0.145. The van der Waals surface area contributed by atoms with Crippen LogP contribution in [0.25, 0.3) is 0 Å². The molecule has 3 aromatic rings. The zero-order valence-electron chi connectivity index (χ0n) is 25.0. The first-order valence-corrected chi connectivity index (χ1v) is 14.8. The second kappa shape index (κ2) is 18.8. The number of carbonyl (C=O) groups is 3. The molecule has 0 aliphatic heterocycles. The van der Waals surface area contributed by atoms with E-state index in [9.17, 15) is 19.5 Å². The van der Waals surface area contributed by atoms with Crippen molar-refractivity contribution in [3.8, 4) is 5.75 Å². The molecular formula is C36H42N2O6. The minimum atomic E-state index is -0.699. The van der Waals surface area contributed by atoms with Gasteiger partial charge >= 0.3 is 5.97 Å². The molecule has 0 aromatic heterocycles. The van der Waals surface area contributed by atoms with Crippen molar-refractivity contribution in [2.75, 3.05) is 13.2 Å². The minimum Gasteiger partial charge on any atom is -0.489 e. The van der Waals surface area contributed by atoms with Gasteiger partial charge in [-0.1, -0.05) is 84.9 Å².